The first kappa shape index (κ1) is 22.1. The van der Waals surface area contributed by atoms with Crippen LogP contribution in [0.3, 0.4) is 0 Å². The highest BCUT2D eigenvalue weighted by Crippen LogP contribution is 2.37. The molecule has 0 bridgehead atoms. The van der Waals surface area contributed by atoms with Gasteiger partial charge >= 0.3 is 6.18 Å². The van der Waals surface area contributed by atoms with E-state index in [1.807, 2.05) is 0 Å². The minimum Gasteiger partial charge on any atom is -0.360 e. The maximum Gasteiger partial charge on any atom is 0.416 e. The Morgan fingerprint density at radius 1 is 1.29 bits per heavy atom. The lowest BCUT2D eigenvalue weighted by Crippen LogP contribution is -2.44. The van der Waals surface area contributed by atoms with Crippen molar-refractivity contribution in [1.82, 2.24) is 0 Å². The molecule has 2 aromatic carbocycles. The predicted octanol–water partition coefficient (Wildman–Crippen LogP) is 3.81. The van der Waals surface area contributed by atoms with E-state index in [9.17, 15) is 32.9 Å². The van der Waals surface area contributed by atoms with Crippen molar-refractivity contribution in [1.29, 1.82) is 0 Å². The van der Waals surface area contributed by atoms with Crippen molar-refractivity contribution in [2.45, 2.75) is 25.6 Å². The van der Waals surface area contributed by atoms with E-state index in [0.29, 0.717) is 17.4 Å². The van der Waals surface area contributed by atoms with Crippen LogP contribution in [0.1, 0.15) is 18.9 Å². The number of carbonyl (C=O) groups is 2. The van der Waals surface area contributed by atoms with Gasteiger partial charge in [-0.25, -0.2) is 0 Å². The highest BCUT2D eigenvalue weighted by Gasteiger charge is 2.34. The third kappa shape index (κ3) is 4.60. The second-order valence-electron chi connectivity index (χ2n) is 7.20. The Kier molecular flexibility index (Phi) is 5.87. The van der Waals surface area contributed by atoms with Crippen LogP contribution in [0.25, 0.3) is 0 Å². The topological polar surface area (TPSA) is 95.8 Å². The fourth-order valence-corrected chi connectivity index (χ4v) is 3.50. The van der Waals surface area contributed by atoms with Gasteiger partial charge in [-0.2, -0.15) is 13.2 Å². The number of fused-ring (bicyclic) bond motifs is 1. The molecule has 0 aliphatic carbocycles. The molecule has 8 nitrogen and oxygen atoms in total. The normalized spacial score (nSPS) is 16.2. The Hall–Kier alpha value is -3.63. The summed E-state index contributed by atoms with van der Waals surface area (Å²) in [5.41, 5.74) is -1.11. The van der Waals surface area contributed by atoms with Crippen LogP contribution < -0.4 is 15.1 Å². The molecule has 164 valence electrons. The van der Waals surface area contributed by atoms with Crippen molar-refractivity contribution in [2.24, 2.45) is 0 Å². The van der Waals surface area contributed by atoms with Crippen molar-refractivity contribution >= 4 is 34.6 Å². The van der Waals surface area contributed by atoms with Gasteiger partial charge in [0, 0.05) is 25.6 Å². The van der Waals surface area contributed by atoms with Gasteiger partial charge in [0.25, 0.3) is 5.69 Å². The lowest BCUT2D eigenvalue weighted by atomic mass is 10.1. The first-order valence-electron chi connectivity index (χ1n) is 9.26. The number of likely N-dealkylation sites (N-methyl/N-ethyl adjacent to an activating group) is 1. The van der Waals surface area contributed by atoms with Crippen LogP contribution in [0.2, 0.25) is 0 Å². The molecular weight excluding hydrogens is 417 g/mol. The van der Waals surface area contributed by atoms with Crippen LogP contribution in [0.4, 0.5) is 35.9 Å². The number of para-hydroxylation sites is 2. The largest absolute Gasteiger partial charge is 0.416 e. The molecule has 31 heavy (non-hydrogen) atoms. The molecule has 1 aliphatic rings. The molecule has 1 atom stereocenters. The van der Waals surface area contributed by atoms with Crippen molar-refractivity contribution in [3.63, 3.8) is 0 Å². The summed E-state index contributed by atoms with van der Waals surface area (Å²) >= 11 is 0. The van der Waals surface area contributed by atoms with Gasteiger partial charge in [0.1, 0.15) is 5.69 Å². The summed E-state index contributed by atoms with van der Waals surface area (Å²) in [5.74, 6) is -0.727. The number of halogens is 3. The van der Waals surface area contributed by atoms with E-state index in [2.05, 4.69) is 5.32 Å². The first-order valence-corrected chi connectivity index (χ1v) is 9.26. The van der Waals surface area contributed by atoms with Crippen LogP contribution in [0, 0.1) is 10.1 Å². The van der Waals surface area contributed by atoms with Gasteiger partial charge in [-0.05, 0) is 31.2 Å². The van der Waals surface area contributed by atoms with Gasteiger partial charge in [-0.3, -0.25) is 19.7 Å². The number of anilines is 3. The van der Waals surface area contributed by atoms with Gasteiger partial charge in [0.2, 0.25) is 11.8 Å². The molecule has 1 heterocycles. The minimum atomic E-state index is -4.73. The summed E-state index contributed by atoms with van der Waals surface area (Å²) in [6.07, 6.45) is -4.69. The van der Waals surface area contributed by atoms with E-state index >= 15 is 0 Å². The van der Waals surface area contributed by atoms with Crippen LogP contribution >= 0.6 is 0 Å². The van der Waals surface area contributed by atoms with E-state index in [4.69, 9.17) is 0 Å². The Morgan fingerprint density at radius 2 is 1.97 bits per heavy atom. The minimum absolute atomic E-state index is 0.0462. The molecule has 0 aromatic heterocycles. The first-order chi connectivity index (χ1) is 14.5. The fourth-order valence-electron chi connectivity index (χ4n) is 3.50. The SMILES string of the molecule is CC1CC(=O)Nc2ccccc2N1C(=O)CN(C)c1ccc(C(F)(F)F)cc1[N+](=O)[O-]. The Labute approximate surface area is 175 Å². The number of hydrogen-bond donors (Lipinski definition) is 1. The number of rotatable bonds is 4. The predicted molar refractivity (Wildman–Crippen MR) is 108 cm³/mol. The Bertz CT molecular complexity index is 1040. The number of benzene rings is 2. The standard InChI is InChI=1S/C20H19F3N4O4/c1-12-9-18(28)24-14-5-3-4-6-15(14)26(12)19(29)11-25(2)16-8-7-13(20(21,22)23)10-17(16)27(30)31/h3-8,10,12H,9,11H2,1-2H3,(H,24,28). The zero-order chi connectivity index (χ0) is 22.9. The number of nitro benzene ring substituents is 1. The molecule has 2 amide bonds. The van der Waals surface area contributed by atoms with Gasteiger partial charge in [-0.1, -0.05) is 12.1 Å². The number of nitro groups is 1. The monoisotopic (exact) mass is 436 g/mol. The molecule has 0 saturated heterocycles. The Morgan fingerprint density at radius 3 is 2.61 bits per heavy atom. The van der Waals surface area contributed by atoms with Crippen LogP contribution in [-0.4, -0.2) is 36.4 Å². The fraction of sp³-hybridized carbons (Fsp3) is 0.300. The number of alkyl halides is 3. The van der Waals surface area contributed by atoms with Crippen LogP contribution in [0.5, 0.6) is 0 Å². The second-order valence-corrected chi connectivity index (χ2v) is 7.20. The summed E-state index contributed by atoms with van der Waals surface area (Å²) in [7, 11) is 1.38. The van der Waals surface area contributed by atoms with E-state index in [0.717, 1.165) is 12.1 Å². The second kappa shape index (κ2) is 8.25. The molecule has 0 fully saturated rings. The average Bonchev–Trinajstić information content (AvgIpc) is 2.80. The molecule has 1 unspecified atom stereocenters. The summed E-state index contributed by atoms with van der Waals surface area (Å²) in [5, 5.41) is 14.1. The number of amides is 2. The molecular formula is C20H19F3N4O4. The molecule has 2 aromatic rings. The van der Waals surface area contributed by atoms with Crippen molar-refractivity contribution in [2.75, 3.05) is 28.7 Å². The highest BCUT2D eigenvalue weighted by atomic mass is 19.4. The molecule has 1 aliphatic heterocycles. The van der Waals surface area contributed by atoms with Crippen molar-refractivity contribution in [3.8, 4) is 0 Å². The van der Waals surface area contributed by atoms with E-state index in [1.165, 1.54) is 16.8 Å². The van der Waals surface area contributed by atoms with Gasteiger partial charge in [0.05, 0.1) is 28.4 Å². The summed E-state index contributed by atoms with van der Waals surface area (Å²) in [6.45, 7) is 1.35. The maximum atomic E-state index is 13.1. The molecule has 0 saturated carbocycles. The van der Waals surface area contributed by atoms with Gasteiger partial charge < -0.3 is 15.1 Å². The smallest absolute Gasteiger partial charge is 0.360 e. The summed E-state index contributed by atoms with van der Waals surface area (Å²) < 4.78 is 38.8. The number of nitrogens with one attached hydrogen (secondary N) is 1. The van der Waals surface area contributed by atoms with Crippen LogP contribution in [-0.2, 0) is 15.8 Å². The third-order valence-corrected chi connectivity index (χ3v) is 4.91. The number of carbonyl (C=O) groups excluding carboxylic acids is 2. The van der Waals surface area contributed by atoms with Gasteiger partial charge in [0.15, 0.2) is 0 Å². The van der Waals surface area contributed by atoms with E-state index in [1.54, 1.807) is 31.2 Å². The summed E-state index contributed by atoms with van der Waals surface area (Å²) in [6, 6.07) is 8.37. The van der Waals surface area contributed by atoms with E-state index in [-0.39, 0.29) is 24.6 Å². The maximum absolute atomic E-state index is 13.1. The number of nitrogens with zero attached hydrogens (tertiary/aromatic N) is 3. The molecule has 0 radical (unpaired) electrons. The number of hydrogen-bond acceptors (Lipinski definition) is 5. The molecule has 11 heteroatoms. The van der Waals surface area contributed by atoms with E-state index < -0.39 is 34.3 Å². The van der Waals surface area contributed by atoms with Crippen LogP contribution in [0.15, 0.2) is 42.5 Å². The van der Waals surface area contributed by atoms with Crippen molar-refractivity contribution < 1.29 is 27.7 Å². The average molecular weight is 436 g/mol. The lowest BCUT2D eigenvalue weighted by molar-refractivity contribution is -0.384. The highest BCUT2D eigenvalue weighted by molar-refractivity contribution is 6.05. The summed E-state index contributed by atoms with van der Waals surface area (Å²) in [4.78, 5) is 38.3. The van der Waals surface area contributed by atoms with Gasteiger partial charge in [-0.15, -0.1) is 0 Å². The Balaban J connectivity index is 1.92. The third-order valence-electron chi connectivity index (χ3n) is 4.91. The van der Waals surface area contributed by atoms with Crippen molar-refractivity contribution in [3.05, 3.63) is 58.1 Å². The molecule has 0 spiro atoms. The quantitative estimate of drug-likeness (QED) is 0.581. The zero-order valence-electron chi connectivity index (χ0n) is 16.6. The molecule has 3 rings (SSSR count). The molecule has 1 N–H and O–H groups in total. The lowest BCUT2D eigenvalue weighted by Gasteiger charge is -2.30. The zero-order valence-corrected chi connectivity index (χ0v) is 16.6.